The Hall–Kier alpha value is -1.35. The Balaban J connectivity index is 2.16. The molecule has 2 N–H and O–H groups in total. The third-order valence-electron chi connectivity index (χ3n) is 3.12. The van der Waals surface area contributed by atoms with Gasteiger partial charge in [-0.25, -0.2) is 0 Å². The SMILES string of the molecule is Cc1ccccc1C(=O)N1CCC[C@H](N)C1. The first-order valence-corrected chi connectivity index (χ1v) is 5.79. The highest BCUT2D eigenvalue weighted by Gasteiger charge is 2.22. The van der Waals surface area contributed by atoms with Gasteiger partial charge in [0.1, 0.15) is 0 Å². The number of hydrogen-bond acceptors (Lipinski definition) is 2. The highest BCUT2D eigenvalue weighted by atomic mass is 16.2. The van der Waals surface area contributed by atoms with E-state index in [0.29, 0.717) is 6.54 Å². The quantitative estimate of drug-likeness (QED) is 0.777. The topological polar surface area (TPSA) is 46.3 Å². The van der Waals surface area contributed by atoms with Crippen LogP contribution in [0.3, 0.4) is 0 Å². The summed E-state index contributed by atoms with van der Waals surface area (Å²) in [5.74, 6) is 0.119. The molecule has 1 aromatic carbocycles. The zero-order valence-electron chi connectivity index (χ0n) is 9.65. The number of nitrogens with zero attached hydrogens (tertiary/aromatic N) is 1. The minimum absolute atomic E-state index is 0.119. The smallest absolute Gasteiger partial charge is 0.254 e. The van der Waals surface area contributed by atoms with E-state index >= 15 is 0 Å². The van der Waals surface area contributed by atoms with E-state index in [1.165, 1.54) is 0 Å². The van der Waals surface area contributed by atoms with Crippen molar-refractivity contribution in [3.8, 4) is 0 Å². The van der Waals surface area contributed by atoms with Gasteiger partial charge in [-0.05, 0) is 31.4 Å². The van der Waals surface area contributed by atoms with Crippen molar-refractivity contribution in [2.45, 2.75) is 25.8 Å². The fraction of sp³-hybridized carbons (Fsp3) is 0.462. The van der Waals surface area contributed by atoms with Crippen molar-refractivity contribution in [3.63, 3.8) is 0 Å². The van der Waals surface area contributed by atoms with Gasteiger partial charge in [0, 0.05) is 24.7 Å². The van der Waals surface area contributed by atoms with Crippen LogP contribution in [0, 0.1) is 6.92 Å². The lowest BCUT2D eigenvalue weighted by molar-refractivity contribution is 0.0708. The number of aryl methyl sites for hydroxylation is 1. The number of benzene rings is 1. The summed E-state index contributed by atoms with van der Waals surface area (Å²) >= 11 is 0. The van der Waals surface area contributed by atoms with Crippen molar-refractivity contribution in [1.82, 2.24) is 4.90 Å². The zero-order chi connectivity index (χ0) is 11.5. The van der Waals surface area contributed by atoms with Gasteiger partial charge in [-0.3, -0.25) is 4.79 Å². The lowest BCUT2D eigenvalue weighted by Crippen LogP contribution is -2.45. The van der Waals surface area contributed by atoms with Crippen LogP contribution < -0.4 is 5.73 Å². The number of rotatable bonds is 1. The molecule has 86 valence electrons. The molecule has 0 saturated carbocycles. The minimum Gasteiger partial charge on any atom is -0.337 e. The Kier molecular flexibility index (Phi) is 3.25. The summed E-state index contributed by atoms with van der Waals surface area (Å²) in [7, 11) is 0. The largest absolute Gasteiger partial charge is 0.337 e. The molecule has 1 aromatic rings. The molecule has 0 spiro atoms. The number of carbonyl (C=O) groups is 1. The molecule has 1 aliphatic heterocycles. The molecule has 1 fully saturated rings. The van der Waals surface area contributed by atoms with Crippen molar-refractivity contribution < 1.29 is 4.79 Å². The Morgan fingerprint density at radius 2 is 2.19 bits per heavy atom. The van der Waals surface area contributed by atoms with Crippen LogP contribution in [0.15, 0.2) is 24.3 Å². The molecule has 1 aliphatic rings. The Bertz CT molecular complexity index is 389. The fourth-order valence-corrected chi connectivity index (χ4v) is 2.18. The molecule has 0 radical (unpaired) electrons. The molecule has 16 heavy (non-hydrogen) atoms. The molecule has 3 heteroatoms. The second-order valence-corrected chi connectivity index (χ2v) is 4.47. The molecular weight excluding hydrogens is 200 g/mol. The van der Waals surface area contributed by atoms with Crippen molar-refractivity contribution in [1.29, 1.82) is 0 Å². The van der Waals surface area contributed by atoms with Gasteiger partial charge in [-0.2, -0.15) is 0 Å². The second-order valence-electron chi connectivity index (χ2n) is 4.47. The van der Waals surface area contributed by atoms with E-state index < -0.39 is 0 Å². The average Bonchev–Trinajstić information content (AvgIpc) is 2.29. The molecule has 0 unspecified atom stereocenters. The van der Waals surface area contributed by atoms with Gasteiger partial charge in [0.15, 0.2) is 0 Å². The summed E-state index contributed by atoms with van der Waals surface area (Å²) in [4.78, 5) is 14.1. The summed E-state index contributed by atoms with van der Waals surface area (Å²) in [6, 6.07) is 7.86. The van der Waals surface area contributed by atoms with Gasteiger partial charge in [-0.15, -0.1) is 0 Å². The first-order valence-electron chi connectivity index (χ1n) is 5.79. The predicted molar refractivity (Wildman–Crippen MR) is 64.3 cm³/mol. The zero-order valence-corrected chi connectivity index (χ0v) is 9.65. The average molecular weight is 218 g/mol. The number of carbonyl (C=O) groups excluding carboxylic acids is 1. The molecular formula is C13H18N2O. The van der Waals surface area contributed by atoms with Crippen LogP contribution in [0.2, 0.25) is 0 Å². The van der Waals surface area contributed by atoms with Gasteiger partial charge < -0.3 is 10.6 Å². The van der Waals surface area contributed by atoms with E-state index in [1.54, 1.807) is 0 Å². The maximum Gasteiger partial charge on any atom is 0.254 e. The van der Waals surface area contributed by atoms with Crippen LogP contribution in [-0.2, 0) is 0 Å². The summed E-state index contributed by atoms with van der Waals surface area (Å²) in [5.41, 5.74) is 7.72. The fourth-order valence-electron chi connectivity index (χ4n) is 2.18. The third-order valence-corrected chi connectivity index (χ3v) is 3.12. The maximum absolute atomic E-state index is 12.2. The number of likely N-dealkylation sites (tertiary alicyclic amines) is 1. The molecule has 1 atom stereocenters. The molecule has 1 heterocycles. The van der Waals surface area contributed by atoms with Crippen LogP contribution in [0.5, 0.6) is 0 Å². The third kappa shape index (κ3) is 2.25. The molecule has 0 aromatic heterocycles. The summed E-state index contributed by atoms with van der Waals surface area (Å²) in [6.45, 7) is 3.49. The monoisotopic (exact) mass is 218 g/mol. The van der Waals surface area contributed by atoms with Crippen molar-refractivity contribution in [2.75, 3.05) is 13.1 Å². The van der Waals surface area contributed by atoms with E-state index in [0.717, 1.165) is 30.5 Å². The lowest BCUT2D eigenvalue weighted by Gasteiger charge is -2.31. The molecule has 0 aliphatic carbocycles. The van der Waals surface area contributed by atoms with Gasteiger partial charge in [0.25, 0.3) is 5.91 Å². The van der Waals surface area contributed by atoms with Crippen LogP contribution in [0.25, 0.3) is 0 Å². The standard InChI is InChI=1S/C13H18N2O/c1-10-5-2-3-7-12(10)13(16)15-8-4-6-11(14)9-15/h2-3,5,7,11H,4,6,8-9,14H2,1H3/t11-/m0/s1. The molecule has 0 bridgehead atoms. The predicted octanol–water partition coefficient (Wildman–Crippen LogP) is 1.56. The van der Waals surface area contributed by atoms with E-state index in [4.69, 9.17) is 5.73 Å². The van der Waals surface area contributed by atoms with Gasteiger partial charge in [0.05, 0.1) is 0 Å². The van der Waals surface area contributed by atoms with Crippen LogP contribution in [0.1, 0.15) is 28.8 Å². The van der Waals surface area contributed by atoms with Gasteiger partial charge >= 0.3 is 0 Å². The molecule has 3 nitrogen and oxygen atoms in total. The Labute approximate surface area is 96.2 Å². The molecule has 1 amide bonds. The second kappa shape index (κ2) is 4.66. The minimum atomic E-state index is 0.119. The Morgan fingerprint density at radius 3 is 2.88 bits per heavy atom. The normalized spacial score (nSPS) is 20.9. The summed E-state index contributed by atoms with van der Waals surface area (Å²) in [6.07, 6.45) is 2.04. The molecule has 1 saturated heterocycles. The first kappa shape index (κ1) is 11.1. The van der Waals surface area contributed by atoms with Crippen LogP contribution in [0.4, 0.5) is 0 Å². The number of hydrogen-bond donors (Lipinski definition) is 1. The summed E-state index contributed by atoms with van der Waals surface area (Å²) < 4.78 is 0. The van der Waals surface area contributed by atoms with E-state index in [2.05, 4.69) is 0 Å². The van der Waals surface area contributed by atoms with E-state index in [9.17, 15) is 4.79 Å². The number of nitrogens with two attached hydrogens (primary N) is 1. The van der Waals surface area contributed by atoms with Crippen molar-refractivity contribution in [2.24, 2.45) is 5.73 Å². The summed E-state index contributed by atoms with van der Waals surface area (Å²) in [5, 5.41) is 0. The van der Waals surface area contributed by atoms with Gasteiger partial charge in [0.2, 0.25) is 0 Å². The van der Waals surface area contributed by atoms with Crippen LogP contribution in [-0.4, -0.2) is 29.9 Å². The van der Waals surface area contributed by atoms with Crippen molar-refractivity contribution in [3.05, 3.63) is 35.4 Å². The molecule has 2 rings (SSSR count). The maximum atomic E-state index is 12.2. The lowest BCUT2D eigenvalue weighted by atomic mass is 10.0. The first-order chi connectivity index (χ1) is 7.68. The highest BCUT2D eigenvalue weighted by Crippen LogP contribution is 2.15. The van der Waals surface area contributed by atoms with Crippen LogP contribution >= 0.6 is 0 Å². The number of amides is 1. The van der Waals surface area contributed by atoms with E-state index in [-0.39, 0.29) is 11.9 Å². The Morgan fingerprint density at radius 1 is 1.44 bits per heavy atom. The highest BCUT2D eigenvalue weighted by molar-refractivity contribution is 5.95. The van der Waals surface area contributed by atoms with E-state index in [1.807, 2.05) is 36.1 Å². The van der Waals surface area contributed by atoms with Crippen molar-refractivity contribution >= 4 is 5.91 Å². The van der Waals surface area contributed by atoms with Gasteiger partial charge in [-0.1, -0.05) is 18.2 Å². The number of piperidine rings is 1.